The Morgan fingerprint density at radius 2 is 2.30 bits per heavy atom. The first-order chi connectivity index (χ1) is 4.83. The predicted molar refractivity (Wildman–Crippen MR) is 43.0 cm³/mol. The highest BCUT2D eigenvalue weighted by molar-refractivity contribution is 6.32. The van der Waals surface area contributed by atoms with Crippen LogP contribution in [-0.2, 0) is 0 Å². The standard InChI is InChI=1S/C8H9BO/c1-2-10-8-5-3-4-7(9)6-8/h3-6H,2H2,1H3. The van der Waals surface area contributed by atoms with Crippen molar-refractivity contribution >= 4 is 13.3 Å². The van der Waals surface area contributed by atoms with Crippen molar-refractivity contribution in [3.63, 3.8) is 0 Å². The summed E-state index contributed by atoms with van der Waals surface area (Å²) in [5.41, 5.74) is 0.742. The maximum absolute atomic E-state index is 5.51. The molecule has 1 rings (SSSR count). The van der Waals surface area contributed by atoms with Gasteiger partial charge in [-0.25, -0.2) is 0 Å². The maximum atomic E-state index is 5.51. The van der Waals surface area contributed by atoms with E-state index in [2.05, 4.69) is 0 Å². The summed E-state index contributed by atoms with van der Waals surface area (Å²) in [7, 11) is 5.51. The summed E-state index contributed by atoms with van der Waals surface area (Å²) in [5.74, 6) is 0.836. The second-order valence-electron chi connectivity index (χ2n) is 2.01. The molecular formula is C8H9BO. The quantitative estimate of drug-likeness (QED) is 0.542. The van der Waals surface area contributed by atoms with E-state index in [1.54, 1.807) is 0 Å². The van der Waals surface area contributed by atoms with Crippen LogP contribution in [0.2, 0.25) is 0 Å². The van der Waals surface area contributed by atoms with Crippen LogP contribution < -0.4 is 10.2 Å². The zero-order chi connectivity index (χ0) is 7.40. The van der Waals surface area contributed by atoms with Crippen molar-refractivity contribution in [3.05, 3.63) is 24.3 Å². The van der Waals surface area contributed by atoms with E-state index in [-0.39, 0.29) is 0 Å². The summed E-state index contributed by atoms with van der Waals surface area (Å²) in [6.45, 7) is 2.63. The average molecular weight is 132 g/mol. The van der Waals surface area contributed by atoms with E-state index in [0.29, 0.717) is 6.61 Å². The molecule has 1 aromatic rings. The summed E-state index contributed by atoms with van der Waals surface area (Å²) in [6.07, 6.45) is 0. The van der Waals surface area contributed by atoms with E-state index >= 15 is 0 Å². The minimum atomic E-state index is 0.684. The molecule has 0 bridgehead atoms. The van der Waals surface area contributed by atoms with Gasteiger partial charge < -0.3 is 4.74 Å². The van der Waals surface area contributed by atoms with Gasteiger partial charge in [-0.1, -0.05) is 17.6 Å². The first-order valence-corrected chi connectivity index (χ1v) is 3.31. The Bertz CT molecular complexity index is 210. The van der Waals surface area contributed by atoms with Crippen LogP contribution in [0.5, 0.6) is 5.75 Å². The predicted octanol–water partition coefficient (Wildman–Crippen LogP) is 0.879. The molecule has 1 aromatic carbocycles. The van der Waals surface area contributed by atoms with E-state index in [1.165, 1.54) is 0 Å². The van der Waals surface area contributed by atoms with Crippen LogP contribution in [0.3, 0.4) is 0 Å². The molecule has 0 aromatic heterocycles. The molecular weight excluding hydrogens is 123 g/mol. The Hall–Kier alpha value is -0.915. The van der Waals surface area contributed by atoms with E-state index in [0.717, 1.165) is 11.2 Å². The molecule has 0 fully saturated rings. The summed E-state index contributed by atoms with van der Waals surface area (Å²) in [6, 6.07) is 7.41. The summed E-state index contributed by atoms with van der Waals surface area (Å²) in [4.78, 5) is 0. The van der Waals surface area contributed by atoms with Crippen molar-refractivity contribution in [3.8, 4) is 5.75 Å². The summed E-state index contributed by atoms with van der Waals surface area (Å²) >= 11 is 0. The Morgan fingerprint density at radius 3 is 2.90 bits per heavy atom. The molecule has 1 nitrogen and oxygen atoms in total. The lowest BCUT2D eigenvalue weighted by molar-refractivity contribution is 0.340. The van der Waals surface area contributed by atoms with Crippen molar-refractivity contribution in [2.24, 2.45) is 0 Å². The molecule has 0 spiro atoms. The zero-order valence-electron chi connectivity index (χ0n) is 6.00. The van der Waals surface area contributed by atoms with Crippen LogP contribution in [0.15, 0.2) is 24.3 Å². The van der Waals surface area contributed by atoms with E-state index < -0.39 is 0 Å². The van der Waals surface area contributed by atoms with E-state index in [1.807, 2.05) is 31.2 Å². The molecule has 0 aliphatic carbocycles. The largest absolute Gasteiger partial charge is 0.494 e. The van der Waals surface area contributed by atoms with Gasteiger partial charge in [0, 0.05) is 0 Å². The molecule has 50 valence electrons. The molecule has 0 heterocycles. The summed E-state index contributed by atoms with van der Waals surface area (Å²) in [5, 5.41) is 0. The number of rotatable bonds is 2. The molecule has 0 atom stereocenters. The van der Waals surface area contributed by atoms with Gasteiger partial charge in [-0.2, -0.15) is 0 Å². The molecule has 0 aliphatic rings. The van der Waals surface area contributed by atoms with E-state index in [4.69, 9.17) is 12.6 Å². The highest BCUT2D eigenvalue weighted by Crippen LogP contribution is 2.05. The summed E-state index contributed by atoms with van der Waals surface area (Å²) < 4.78 is 5.21. The lowest BCUT2D eigenvalue weighted by Gasteiger charge is -2.02. The molecule has 2 heteroatoms. The van der Waals surface area contributed by atoms with Gasteiger partial charge in [0.25, 0.3) is 0 Å². The normalized spacial score (nSPS) is 9.30. The lowest BCUT2D eigenvalue weighted by atomic mass is 9.96. The highest BCUT2D eigenvalue weighted by Gasteiger charge is 1.88. The van der Waals surface area contributed by atoms with Gasteiger partial charge in [-0.3, -0.25) is 0 Å². The third-order valence-corrected chi connectivity index (χ3v) is 1.17. The van der Waals surface area contributed by atoms with Crippen LogP contribution >= 0.6 is 0 Å². The molecule has 0 saturated heterocycles. The SMILES string of the molecule is [B]c1cccc(OCC)c1. The first-order valence-electron chi connectivity index (χ1n) is 3.31. The van der Waals surface area contributed by atoms with Gasteiger partial charge >= 0.3 is 0 Å². The molecule has 0 saturated carbocycles. The fourth-order valence-electron chi connectivity index (χ4n) is 0.771. The highest BCUT2D eigenvalue weighted by atomic mass is 16.5. The second-order valence-corrected chi connectivity index (χ2v) is 2.01. The molecule has 0 N–H and O–H groups in total. The molecule has 0 aliphatic heterocycles. The van der Waals surface area contributed by atoms with Crippen molar-refractivity contribution < 1.29 is 4.74 Å². The number of hydrogen-bond acceptors (Lipinski definition) is 1. The lowest BCUT2D eigenvalue weighted by Crippen LogP contribution is -2.02. The Balaban J connectivity index is 2.75. The minimum Gasteiger partial charge on any atom is -0.494 e. The molecule has 0 amide bonds. The van der Waals surface area contributed by atoms with Gasteiger partial charge in [-0.15, -0.1) is 0 Å². The second kappa shape index (κ2) is 3.30. The number of ether oxygens (including phenoxy) is 1. The third-order valence-electron chi connectivity index (χ3n) is 1.17. The van der Waals surface area contributed by atoms with E-state index in [9.17, 15) is 0 Å². The van der Waals surface area contributed by atoms with Crippen LogP contribution in [-0.4, -0.2) is 14.5 Å². The Morgan fingerprint density at radius 1 is 1.50 bits per heavy atom. The molecule has 0 unspecified atom stereocenters. The minimum absolute atomic E-state index is 0.684. The molecule has 10 heavy (non-hydrogen) atoms. The van der Waals surface area contributed by atoms with Gasteiger partial charge in [0.15, 0.2) is 0 Å². The Kier molecular flexibility index (Phi) is 2.38. The number of hydrogen-bond donors (Lipinski definition) is 0. The average Bonchev–Trinajstić information content (AvgIpc) is 1.88. The first kappa shape index (κ1) is 7.20. The van der Waals surface area contributed by atoms with Crippen molar-refractivity contribution in [1.82, 2.24) is 0 Å². The van der Waals surface area contributed by atoms with Crippen molar-refractivity contribution in [2.45, 2.75) is 6.92 Å². The number of benzene rings is 1. The van der Waals surface area contributed by atoms with Gasteiger partial charge in [0.05, 0.1) is 6.61 Å². The zero-order valence-corrected chi connectivity index (χ0v) is 6.00. The van der Waals surface area contributed by atoms with Crippen LogP contribution in [0.4, 0.5) is 0 Å². The third kappa shape index (κ3) is 1.80. The molecule has 2 radical (unpaired) electrons. The topological polar surface area (TPSA) is 9.23 Å². The van der Waals surface area contributed by atoms with Crippen LogP contribution in [0.25, 0.3) is 0 Å². The van der Waals surface area contributed by atoms with Crippen LogP contribution in [0, 0.1) is 0 Å². The monoisotopic (exact) mass is 132 g/mol. The van der Waals surface area contributed by atoms with Crippen molar-refractivity contribution in [1.29, 1.82) is 0 Å². The van der Waals surface area contributed by atoms with Crippen molar-refractivity contribution in [2.75, 3.05) is 6.61 Å². The maximum Gasteiger partial charge on any atom is 0.118 e. The smallest absolute Gasteiger partial charge is 0.118 e. The Labute approximate surface area is 62.4 Å². The van der Waals surface area contributed by atoms with Crippen LogP contribution in [0.1, 0.15) is 6.92 Å². The fourth-order valence-corrected chi connectivity index (χ4v) is 0.771. The van der Waals surface area contributed by atoms with Gasteiger partial charge in [0.1, 0.15) is 13.6 Å². The van der Waals surface area contributed by atoms with Gasteiger partial charge in [-0.05, 0) is 19.1 Å². The van der Waals surface area contributed by atoms with Gasteiger partial charge in [0.2, 0.25) is 0 Å². The fraction of sp³-hybridized carbons (Fsp3) is 0.250.